The van der Waals surface area contributed by atoms with Crippen LogP contribution in [0, 0.1) is 0 Å². The first kappa shape index (κ1) is 14.4. The fourth-order valence-electron chi connectivity index (χ4n) is 1.85. The van der Waals surface area contributed by atoms with E-state index in [1.54, 1.807) is 18.8 Å². The third-order valence-electron chi connectivity index (χ3n) is 2.93. The maximum Gasteiger partial charge on any atom is 0.317 e. The Bertz CT molecular complexity index is 598. The van der Waals surface area contributed by atoms with Crippen LogP contribution in [0.25, 0.3) is 10.8 Å². The molecule has 0 aliphatic carbocycles. The van der Waals surface area contributed by atoms with E-state index in [-0.39, 0.29) is 0 Å². The predicted octanol–water partition coefficient (Wildman–Crippen LogP) is 3.99. The molecule has 0 bridgehead atoms. The van der Waals surface area contributed by atoms with E-state index in [4.69, 9.17) is 4.52 Å². The first-order valence-corrected chi connectivity index (χ1v) is 9.33. The number of hydrogen-bond acceptors (Lipinski definition) is 3. The molecule has 0 radical (unpaired) electrons. The smallest absolute Gasteiger partial charge is 0.317 e. The van der Waals surface area contributed by atoms with E-state index in [1.807, 2.05) is 48.7 Å². The highest BCUT2D eigenvalue weighted by Gasteiger charge is 2.22. The average molecular weight is 295 g/mol. The molecule has 1 N–H and O–H groups in total. The SMILES string of the molecule is CNP(=O)(CCSC)Oc1cccc2ccccc12. The van der Waals surface area contributed by atoms with E-state index in [1.165, 1.54) is 0 Å². The molecule has 0 amide bonds. The summed E-state index contributed by atoms with van der Waals surface area (Å²) in [6.07, 6.45) is 2.52. The van der Waals surface area contributed by atoms with E-state index < -0.39 is 7.52 Å². The van der Waals surface area contributed by atoms with Gasteiger partial charge in [0.05, 0.1) is 6.16 Å². The summed E-state index contributed by atoms with van der Waals surface area (Å²) >= 11 is 1.67. The van der Waals surface area contributed by atoms with Gasteiger partial charge in [0, 0.05) is 11.1 Å². The fraction of sp³-hybridized carbons (Fsp3) is 0.286. The second-order valence-corrected chi connectivity index (χ2v) is 7.59. The fourth-order valence-corrected chi connectivity index (χ4v) is 4.42. The minimum absolute atomic E-state index is 0.522. The van der Waals surface area contributed by atoms with Gasteiger partial charge < -0.3 is 4.52 Å². The Kier molecular flexibility index (Phi) is 4.92. The van der Waals surface area contributed by atoms with Gasteiger partial charge in [0.25, 0.3) is 0 Å². The minimum atomic E-state index is -2.81. The Labute approximate surface area is 118 Å². The molecule has 19 heavy (non-hydrogen) atoms. The van der Waals surface area contributed by atoms with Crippen LogP contribution in [0.3, 0.4) is 0 Å². The van der Waals surface area contributed by atoms with E-state index >= 15 is 0 Å². The standard InChI is InChI=1S/C14H18NO2PS/c1-15-18(16,10-11-19-2)17-14-9-5-7-12-6-3-4-8-13(12)14/h3-9H,10-11H2,1-2H3,(H,15,16). The van der Waals surface area contributed by atoms with Crippen LogP contribution in [0.4, 0.5) is 0 Å². The van der Waals surface area contributed by atoms with Crippen LogP contribution in [0.15, 0.2) is 42.5 Å². The highest BCUT2D eigenvalue weighted by atomic mass is 32.2. The molecule has 0 aliphatic rings. The van der Waals surface area contributed by atoms with Crippen molar-refractivity contribution >= 4 is 30.1 Å². The summed E-state index contributed by atoms with van der Waals surface area (Å²) in [5, 5.41) is 4.93. The van der Waals surface area contributed by atoms with Gasteiger partial charge in [0.15, 0.2) is 0 Å². The van der Waals surface area contributed by atoms with Crippen LogP contribution in [0.1, 0.15) is 0 Å². The Morgan fingerprint density at radius 1 is 1.21 bits per heavy atom. The molecule has 0 saturated heterocycles. The molecule has 0 heterocycles. The zero-order valence-electron chi connectivity index (χ0n) is 11.1. The Balaban J connectivity index is 2.32. The van der Waals surface area contributed by atoms with Crippen molar-refractivity contribution in [1.29, 1.82) is 0 Å². The van der Waals surface area contributed by atoms with Crippen molar-refractivity contribution in [1.82, 2.24) is 5.09 Å². The molecule has 0 aliphatic heterocycles. The summed E-state index contributed by atoms with van der Waals surface area (Å²) < 4.78 is 18.4. The van der Waals surface area contributed by atoms with Crippen LogP contribution < -0.4 is 9.61 Å². The Morgan fingerprint density at radius 3 is 2.68 bits per heavy atom. The van der Waals surface area contributed by atoms with Gasteiger partial charge in [-0.05, 0) is 24.8 Å². The molecule has 3 nitrogen and oxygen atoms in total. The van der Waals surface area contributed by atoms with Gasteiger partial charge in [-0.15, -0.1) is 0 Å². The van der Waals surface area contributed by atoms with Gasteiger partial charge in [-0.2, -0.15) is 11.8 Å². The molecule has 0 spiro atoms. The normalized spacial score (nSPS) is 14.2. The first-order chi connectivity index (χ1) is 9.18. The number of thioether (sulfide) groups is 1. The number of hydrogen-bond donors (Lipinski definition) is 1. The lowest BCUT2D eigenvalue weighted by atomic mass is 10.1. The molecule has 102 valence electrons. The summed E-state index contributed by atoms with van der Waals surface area (Å²) in [6, 6.07) is 13.8. The van der Waals surface area contributed by atoms with Crippen molar-refractivity contribution in [3.05, 3.63) is 42.5 Å². The largest absolute Gasteiger partial charge is 0.432 e. The third kappa shape index (κ3) is 3.53. The summed E-state index contributed by atoms with van der Waals surface area (Å²) in [5.74, 6) is 1.49. The number of benzene rings is 2. The number of rotatable bonds is 6. The second kappa shape index (κ2) is 6.47. The van der Waals surface area contributed by atoms with Gasteiger partial charge in [-0.3, -0.25) is 4.57 Å². The van der Waals surface area contributed by atoms with Crippen molar-refractivity contribution < 1.29 is 9.09 Å². The lowest BCUT2D eigenvalue weighted by Gasteiger charge is -2.19. The van der Waals surface area contributed by atoms with Gasteiger partial charge >= 0.3 is 7.52 Å². The first-order valence-electron chi connectivity index (χ1n) is 6.13. The molecule has 2 aromatic carbocycles. The maximum atomic E-state index is 12.6. The van der Waals surface area contributed by atoms with Gasteiger partial charge in [0.1, 0.15) is 5.75 Å². The van der Waals surface area contributed by atoms with Crippen molar-refractivity contribution in [2.24, 2.45) is 0 Å². The minimum Gasteiger partial charge on any atom is -0.432 e. The molecule has 1 unspecified atom stereocenters. The Hall–Kier alpha value is -0.960. The topological polar surface area (TPSA) is 38.3 Å². The van der Waals surface area contributed by atoms with Crippen molar-refractivity contribution in [2.75, 3.05) is 25.2 Å². The van der Waals surface area contributed by atoms with Crippen LogP contribution in [-0.2, 0) is 4.57 Å². The molecule has 5 heteroatoms. The van der Waals surface area contributed by atoms with Gasteiger partial charge in [-0.1, -0.05) is 36.4 Å². The molecular formula is C14H18NO2PS. The molecule has 0 saturated carbocycles. The van der Waals surface area contributed by atoms with Gasteiger partial charge in [0.2, 0.25) is 0 Å². The average Bonchev–Trinajstić information content (AvgIpc) is 2.46. The highest BCUT2D eigenvalue weighted by Crippen LogP contribution is 2.44. The van der Waals surface area contributed by atoms with E-state index in [0.717, 1.165) is 16.5 Å². The molecule has 1 atom stereocenters. The lowest BCUT2D eigenvalue weighted by molar-refractivity contribution is 0.476. The molecule has 2 rings (SSSR count). The van der Waals surface area contributed by atoms with Crippen LogP contribution in [0.2, 0.25) is 0 Å². The summed E-state index contributed by atoms with van der Waals surface area (Å²) in [6.45, 7) is 0. The second-order valence-electron chi connectivity index (χ2n) is 4.18. The molecule has 0 fully saturated rings. The van der Waals surface area contributed by atoms with Crippen LogP contribution in [0.5, 0.6) is 5.75 Å². The monoisotopic (exact) mass is 295 g/mol. The zero-order valence-corrected chi connectivity index (χ0v) is 12.8. The van der Waals surface area contributed by atoms with Crippen LogP contribution >= 0.6 is 19.3 Å². The lowest BCUT2D eigenvalue weighted by Crippen LogP contribution is -2.13. The zero-order chi connectivity index (χ0) is 13.7. The summed E-state index contributed by atoms with van der Waals surface area (Å²) in [5.41, 5.74) is 0. The number of fused-ring (bicyclic) bond motifs is 1. The van der Waals surface area contributed by atoms with Crippen LogP contribution in [-0.4, -0.2) is 25.2 Å². The van der Waals surface area contributed by atoms with Crippen molar-refractivity contribution in [2.45, 2.75) is 0 Å². The summed E-state index contributed by atoms with van der Waals surface area (Å²) in [7, 11) is -1.13. The quantitative estimate of drug-likeness (QED) is 0.818. The highest BCUT2D eigenvalue weighted by molar-refractivity contribution is 7.98. The van der Waals surface area contributed by atoms with Gasteiger partial charge in [-0.25, -0.2) is 5.09 Å². The van der Waals surface area contributed by atoms with E-state index in [2.05, 4.69) is 5.09 Å². The van der Waals surface area contributed by atoms with E-state index in [0.29, 0.717) is 11.9 Å². The third-order valence-corrected chi connectivity index (χ3v) is 5.83. The molecular weight excluding hydrogens is 277 g/mol. The predicted molar refractivity (Wildman–Crippen MR) is 84.5 cm³/mol. The summed E-state index contributed by atoms with van der Waals surface area (Å²) in [4.78, 5) is 0. The Morgan fingerprint density at radius 2 is 1.95 bits per heavy atom. The number of nitrogens with one attached hydrogen (secondary N) is 1. The van der Waals surface area contributed by atoms with Crippen molar-refractivity contribution in [3.63, 3.8) is 0 Å². The molecule has 2 aromatic rings. The molecule has 0 aromatic heterocycles. The maximum absolute atomic E-state index is 12.6. The van der Waals surface area contributed by atoms with E-state index in [9.17, 15) is 4.57 Å². The van der Waals surface area contributed by atoms with Crippen molar-refractivity contribution in [3.8, 4) is 5.75 Å².